The van der Waals surface area contributed by atoms with Crippen molar-refractivity contribution in [2.24, 2.45) is 0 Å². The predicted octanol–water partition coefficient (Wildman–Crippen LogP) is 6.11. The van der Waals surface area contributed by atoms with E-state index in [2.05, 4.69) is 176 Å². The summed E-state index contributed by atoms with van der Waals surface area (Å²) in [6.07, 6.45) is 8.22. The Morgan fingerprint density at radius 2 is 1.02 bits per heavy atom. The van der Waals surface area contributed by atoms with Crippen LogP contribution in [-0.4, -0.2) is 3.21 Å². The fourth-order valence-corrected chi connectivity index (χ4v) is 17.5. The van der Waals surface area contributed by atoms with Crippen LogP contribution in [0.2, 0.25) is 0 Å². The predicted molar refractivity (Wildman–Crippen MR) is 202 cm³/mol. The van der Waals surface area contributed by atoms with Gasteiger partial charge >= 0.3 is 290 Å². The molecule has 0 radical (unpaired) electrons. The summed E-state index contributed by atoms with van der Waals surface area (Å²) in [4.78, 5) is 0. The molecule has 0 amide bonds. The van der Waals surface area contributed by atoms with Crippen molar-refractivity contribution >= 4 is 46.3 Å². The molecule has 0 fully saturated rings. The van der Waals surface area contributed by atoms with E-state index in [0.29, 0.717) is 3.63 Å². The van der Waals surface area contributed by atoms with Gasteiger partial charge in [-0.15, -0.1) is 0 Å². The minimum absolute atomic E-state index is 0. The van der Waals surface area contributed by atoms with E-state index >= 15 is 0 Å². The standard InChI is InChI=1S/C21H13.C21H14.C5H5.2ClH.Zr/c1-2-8-15-14(7-1)13-20-18-11-4-3-9-16(18)17-10-5-6-12-19(17)21(15)20;1-3-7-20-14-16(9-11-18(20)5-1)13-17-10-12-19-6-2-4-8-21(19)15-17;1-2-4-5-3-1;;;/h1-13H;1-12,14-15H;1-3H,4H2;2*1H;/q;;;;;+2/p-2. The fourth-order valence-electron chi connectivity index (χ4n) is 8.49. The summed E-state index contributed by atoms with van der Waals surface area (Å²) < 4.78 is 3.60. The molecule has 0 saturated carbocycles. The Morgan fingerprint density at radius 3 is 1.64 bits per heavy atom. The Labute approximate surface area is 312 Å². The van der Waals surface area contributed by atoms with Crippen molar-refractivity contribution in [1.29, 1.82) is 0 Å². The largest absolute Gasteiger partial charge is 1.00 e. The number of halogens is 2. The number of hydrogen-bond acceptors (Lipinski definition) is 0. The van der Waals surface area contributed by atoms with Crippen LogP contribution in [0.5, 0.6) is 0 Å². The molecule has 8 aromatic rings. The Hall–Kier alpha value is -4.39. The van der Waals surface area contributed by atoms with E-state index in [1.807, 2.05) is 0 Å². The van der Waals surface area contributed by atoms with Gasteiger partial charge in [0.05, 0.1) is 0 Å². The first-order valence-electron chi connectivity index (χ1n) is 16.9. The van der Waals surface area contributed by atoms with Gasteiger partial charge in [-0.25, -0.2) is 0 Å². The van der Waals surface area contributed by atoms with E-state index in [-0.39, 0.29) is 24.8 Å². The van der Waals surface area contributed by atoms with Crippen molar-refractivity contribution in [3.63, 3.8) is 0 Å². The first-order chi connectivity index (χ1) is 23.8. The normalized spacial score (nSPS) is 14.1. The van der Waals surface area contributed by atoms with Gasteiger partial charge in [0.25, 0.3) is 0 Å². The first-order valence-corrected chi connectivity index (χ1v) is 20.8. The van der Waals surface area contributed by atoms with Gasteiger partial charge in [-0.1, -0.05) is 0 Å². The van der Waals surface area contributed by atoms with Crippen molar-refractivity contribution in [1.82, 2.24) is 0 Å². The third kappa shape index (κ3) is 5.18. The van der Waals surface area contributed by atoms with Crippen LogP contribution in [0.1, 0.15) is 32.3 Å². The molecule has 0 N–H and O–H groups in total. The summed E-state index contributed by atoms with van der Waals surface area (Å²) in [7, 11) is 0. The topological polar surface area (TPSA) is 0 Å². The second kappa shape index (κ2) is 13.4. The molecule has 10 rings (SSSR count). The van der Waals surface area contributed by atoms with Crippen LogP contribution in [0.25, 0.3) is 54.2 Å². The van der Waals surface area contributed by atoms with E-state index in [0.717, 1.165) is 6.42 Å². The maximum atomic E-state index is 2.49. The molecule has 0 aliphatic heterocycles. The van der Waals surface area contributed by atoms with Gasteiger partial charge in [-0.3, -0.25) is 0 Å². The van der Waals surface area contributed by atoms with Crippen molar-refractivity contribution < 1.29 is 46.1 Å². The van der Waals surface area contributed by atoms with E-state index in [1.54, 1.807) is 12.1 Å². The van der Waals surface area contributed by atoms with Crippen molar-refractivity contribution in [3.8, 4) is 11.1 Å². The molecular formula is C47H32Cl2Zr. The molecule has 0 saturated heterocycles. The summed E-state index contributed by atoms with van der Waals surface area (Å²) >= 11 is -2.90. The van der Waals surface area contributed by atoms with E-state index in [1.165, 1.54) is 70.9 Å². The van der Waals surface area contributed by atoms with Crippen molar-refractivity contribution in [2.75, 3.05) is 0 Å². The Morgan fingerprint density at radius 1 is 0.500 bits per heavy atom. The van der Waals surface area contributed by atoms with Gasteiger partial charge in [-0.05, 0) is 0 Å². The summed E-state index contributed by atoms with van der Waals surface area (Å²) in [5.41, 5.74) is 8.68. The number of allylic oxidation sites excluding steroid dienone is 4. The van der Waals surface area contributed by atoms with Crippen LogP contribution in [0.15, 0.2) is 179 Å². The van der Waals surface area contributed by atoms with Crippen LogP contribution in [0.3, 0.4) is 0 Å². The summed E-state index contributed by atoms with van der Waals surface area (Å²) in [5, 5.41) is 10.7. The zero-order valence-corrected chi connectivity index (χ0v) is 31.3. The minimum Gasteiger partial charge on any atom is -1.00 e. The average molecular weight is 759 g/mol. The fraction of sp³-hybridized carbons (Fsp3) is 0.0426. The molecule has 1 unspecified atom stereocenters. The smallest absolute Gasteiger partial charge is 1.00 e. The van der Waals surface area contributed by atoms with Gasteiger partial charge in [0.1, 0.15) is 0 Å². The van der Waals surface area contributed by atoms with E-state index < -0.39 is 21.3 Å². The molecule has 2 aliphatic rings. The molecule has 1 atom stereocenters. The van der Waals surface area contributed by atoms with Crippen molar-refractivity contribution in [2.45, 2.75) is 10.0 Å². The monoisotopic (exact) mass is 756 g/mol. The van der Waals surface area contributed by atoms with Gasteiger partial charge in [0.15, 0.2) is 0 Å². The van der Waals surface area contributed by atoms with Crippen LogP contribution in [0, 0.1) is 0 Å². The van der Waals surface area contributed by atoms with Gasteiger partial charge in [0, 0.05) is 0 Å². The number of benzene rings is 8. The maximum Gasteiger partial charge on any atom is -1.00 e. The molecule has 238 valence electrons. The third-order valence-electron chi connectivity index (χ3n) is 10.6. The molecule has 0 heterocycles. The number of rotatable bonds is 4. The van der Waals surface area contributed by atoms with Gasteiger partial charge in [0.2, 0.25) is 0 Å². The van der Waals surface area contributed by atoms with Gasteiger partial charge < -0.3 is 24.8 Å². The Balaban J connectivity index is 0.00000180. The number of fused-ring (bicyclic) bond motifs is 10. The van der Waals surface area contributed by atoms with E-state index in [9.17, 15) is 0 Å². The second-order valence-corrected chi connectivity index (χ2v) is 19.4. The van der Waals surface area contributed by atoms with Crippen LogP contribution < -0.4 is 24.8 Å². The van der Waals surface area contributed by atoms with Gasteiger partial charge in [-0.2, -0.15) is 0 Å². The minimum atomic E-state index is -2.90. The van der Waals surface area contributed by atoms with Crippen LogP contribution >= 0.6 is 0 Å². The molecule has 0 nitrogen and oxygen atoms in total. The summed E-state index contributed by atoms with van der Waals surface area (Å²) in [6.45, 7) is 0. The second-order valence-electron chi connectivity index (χ2n) is 13.1. The quantitative estimate of drug-likeness (QED) is 0.190. The van der Waals surface area contributed by atoms with Crippen LogP contribution in [-0.2, 0) is 21.3 Å². The first kappa shape index (κ1) is 32.8. The molecule has 2 aliphatic carbocycles. The maximum absolute atomic E-state index is 2.90. The molecule has 0 aromatic heterocycles. The molecular weight excluding hydrogens is 727 g/mol. The third-order valence-corrected chi connectivity index (χ3v) is 18.8. The molecule has 8 aromatic carbocycles. The zero-order chi connectivity index (χ0) is 31.6. The molecule has 0 spiro atoms. The zero-order valence-electron chi connectivity index (χ0n) is 27.3. The molecule has 50 heavy (non-hydrogen) atoms. The van der Waals surface area contributed by atoms with Crippen molar-refractivity contribution in [3.05, 3.63) is 201 Å². The summed E-state index contributed by atoms with van der Waals surface area (Å²) in [6, 6.07) is 59.8. The molecule has 3 heteroatoms. The van der Waals surface area contributed by atoms with E-state index in [4.69, 9.17) is 0 Å². The summed E-state index contributed by atoms with van der Waals surface area (Å²) in [5.74, 6) is 0. The Kier molecular flexibility index (Phi) is 8.78. The SMILES string of the molecule is C1=CC[C]([Zr+2](=[C](c2ccc3ccccc3c2)c2ccc3ccccc3c2)[CH]2c3ccccc3-c3c2c2ccccc2c2ccccc32)=C1.[Cl-].[Cl-]. The molecule has 0 bridgehead atoms. The Bertz CT molecular complexity index is 2630. The van der Waals surface area contributed by atoms with Crippen LogP contribution in [0.4, 0.5) is 0 Å². The number of hydrogen-bond donors (Lipinski definition) is 0. The average Bonchev–Trinajstić information content (AvgIpc) is 3.81.